The van der Waals surface area contributed by atoms with Crippen LogP contribution < -0.4 is 15.8 Å². The van der Waals surface area contributed by atoms with E-state index in [4.69, 9.17) is 5.73 Å². The van der Waals surface area contributed by atoms with Crippen LogP contribution in [0, 0.1) is 6.92 Å². The van der Waals surface area contributed by atoms with Crippen LogP contribution in [0.1, 0.15) is 5.69 Å². The first-order valence-corrected chi connectivity index (χ1v) is 5.95. The first kappa shape index (κ1) is 12.5. The molecule has 90 valence electrons. The number of primary amides is 1. The Labute approximate surface area is 92.7 Å². The molecule has 0 aromatic carbocycles. The first-order chi connectivity index (χ1) is 7.43. The number of amides is 2. The van der Waals surface area contributed by atoms with Gasteiger partial charge in [0.1, 0.15) is 4.90 Å². The van der Waals surface area contributed by atoms with Crippen LogP contribution in [0.4, 0.5) is 4.79 Å². The van der Waals surface area contributed by atoms with Crippen molar-refractivity contribution in [2.45, 2.75) is 11.8 Å². The number of nitrogens with two attached hydrogens (primary N) is 1. The van der Waals surface area contributed by atoms with Crippen LogP contribution in [-0.4, -0.2) is 37.7 Å². The number of sulfonamides is 1. The molecule has 0 aliphatic heterocycles. The van der Waals surface area contributed by atoms with Gasteiger partial charge in [0.05, 0.1) is 11.9 Å². The molecule has 0 aliphatic carbocycles. The number of hydrogen-bond acceptors (Lipinski definition) is 4. The predicted octanol–water partition coefficient (Wildman–Crippen LogP) is -1.34. The van der Waals surface area contributed by atoms with Crippen molar-refractivity contribution < 1.29 is 13.2 Å². The maximum atomic E-state index is 11.6. The Morgan fingerprint density at radius 1 is 1.56 bits per heavy atom. The van der Waals surface area contributed by atoms with Crippen molar-refractivity contribution in [3.8, 4) is 0 Å². The molecular formula is C7H13N5O3S. The second-order valence-corrected chi connectivity index (χ2v) is 4.78. The fraction of sp³-hybridized carbons (Fsp3) is 0.429. The molecule has 8 nitrogen and oxygen atoms in total. The highest BCUT2D eigenvalue weighted by Crippen LogP contribution is 2.09. The van der Waals surface area contributed by atoms with Gasteiger partial charge in [0.2, 0.25) is 10.0 Å². The molecule has 0 aliphatic rings. The average Bonchev–Trinajstić information content (AvgIpc) is 2.59. The van der Waals surface area contributed by atoms with Gasteiger partial charge in [-0.3, -0.25) is 5.10 Å². The fourth-order valence-electron chi connectivity index (χ4n) is 1.06. The number of carbonyl (C=O) groups excluding carboxylic acids is 1. The van der Waals surface area contributed by atoms with Gasteiger partial charge >= 0.3 is 6.03 Å². The van der Waals surface area contributed by atoms with E-state index in [1.165, 1.54) is 6.20 Å². The van der Waals surface area contributed by atoms with Crippen molar-refractivity contribution >= 4 is 16.1 Å². The van der Waals surface area contributed by atoms with E-state index >= 15 is 0 Å². The fourth-order valence-corrected chi connectivity index (χ4v) is 2.23. The summed E-state index contributed by atoms with van der Waals surface area (Å²) in [6.07, 6.45) is 1.22. The van der Waals surface area contributed by atoms with Crippen molar-refractivity contribution in [1.82, 2.24) is 20.2 Å². The highest BCUT2D eigenvalue weighted by Gasteiger charge is 2.17. The van der Waals surface area contributed by atoms with Crippen LogP contribution in [0.3, 0.4) is 0 Å². The van der Waals surface area contributed by atoms with Gasteiger partial charge < -0.3 is 11.1 Å². The number of hydrogen-bond donors (Lipinski definition) is 4. The molecule has 1 heterocycles. The van der Waals surface area contributed by atoms with Gasteiger partial charge in [-0.15, -0.1) is 0 Å². The number of H-pyrrole nitrogens is 1. The average molecular weight is 247 g/mol. The predicted molar refractivity (Wildman–Crippen MR) is 56.1 cm³/mol. The summed E-state index contributed by atoms with van der Waals surface area (Å²) in [6.45, 7) is 1.80. The van der Waals surface area contributed by atoms with Crippen molar-refractivity contribution in [2.24, 2.45) is 5.73 Å². The van der Waals surface area contributed by atoms with Crippen molar-refractivity contribution in [1.29, 1.82) is 0 Å². The van der Waals surface area contributed by atoms with Gasteiger partial charge in [0, 0.05) is 13.1 Å². The third-order valence-electron chi connectivity index (χ3n) is 1.79. The van der Waals surface area contributed by atoms with Crippen LogP contribution >= 0.6 is 0 Å². The van der Waals surface area contributed by atoms with E-state index in [0.717, 1.165) is 0 Å². The molecule has 1 aromatic heterocycles. The maximum absolute atomic E-state index is 11.6. The number of nitrogens with one attached hydrogen (secondary N) is 3. The van der Waals surface area contributed by atoms with E-state index < -0.39 is 16.1 Å². The third-order valence-corrected chi connectivity index (χ3v) is 3.36. The van der Waals surface area contributed by atoms with E-state index in [9.17, 15) is 13.2 Å². The number of aromatic nitrogens is 2. The zero-order valence-corrected chi connectivity index (χ0v) is 9.47. The molecule has 0 atom stereocenters. The van der Waals surface area contributed by atoms with E-state index in [-0.39, 0.29) is 18.0 Å². The molecule has 16 heavy (non-hydrogen) atoms. The molecule has 0 fully saturated rings. The van der Waals surface area contributed by atoms with Gasteiger partial charge in [-0.1, -0.05) is 0 Å². The summed E-state index contributed by atoms with van der Waals surface area (Å²) in [5.41, 5.74) is 5.27. The molecule has 0 saturated carbocycles. The molecule has 5 N–H and O–H groups in total. The molecule has 0 spiro atoms. The number of urea groups is 1. The monoisotopic (exact) mass is 247 g/mol. The van der Waals surface area contributed by atoms with Crippen molar-refractivity contribution in [3.05, 3.63) is 11.9 Å². The van der Waals surface area contributed by atoms with Gasteiger partial charge in [0.15, 0.2) is 0 Å². The number of rotatable bonds is 5. The number of aryl methyl sites for hydroxylation is 1. The lowest BCUT2D eigenvalue weighted by Crippen LogP contribution is -2.37. The highest BCUT2D eigenvalue weighted by molar-refractivity contribution is 7.89. The van der Waals surface area contributed by atoms with Crippen molar-refractivity contribution in [2.75, 3.05) is 13.1 Å². The summed E-state index contributed by atoms with van der Waals surface area (Å²) >= 11 is 0. The quantitative estimate of drug-likeness (QED) is 0.480. The minimum absolute atomic E-state index is 0.0654. The Hall–Kier alpha value is -1.61. The minimum Gasteiger partial charge on any atom is -0.352 e. The molecular weight excluding hydrogens is 234 g/mol. The Kier molecular flexibility index (Phi) is 3.85. The number of aromatic amines is 1. The van der Waals surface area contributed by atoms with Crippen molar-refractivity contribution in [3.63, 3.8) is 0 Å². The molecule has 0 bridgehead atoms. The smallest absolute Gasteiger partial charge is 0.312 e. The topological polar surface area (TPSA) is 130 Å². The van der Waals surface area contributed by atoms with Crippen LogP contribution in [0.25, 0.3) is 0 Å². The van der Waals surface area contributed by atoms with Crippen LogP contribution in [-0.2, 0) is 10.0 Å². The lowest BCUT2D eigenvalue weighted by molar-refractivity contribution is 0.249. The number of carbonyl (C=O) groups is 1. The van der Waals surface area contributed by atoms with Gasteiger partial charge in [0.25, 0.3) is 0 Å². The Bertz CT molecular complexity index is 466. The summed E-state index contributed by atoms with van der Waals surface area (Å²) < 4.78 is 25.6. The molecule has 2 amide bonds. The Balaban J connectivity index is 2.54. The lowest BCUT2D eigenvalue weighted by Gasteiger charge is -2.05. The minimum atomic E-state index is -3.58. The summed E-state index contributed by atoms with van der Waals surface area (Å²) in [6, 6.07) is -0.696. The summed E-state index contributed by atoms with van der Waals surface area (Å²) in [5, 5.41) is 8.40. The summed E-state index contributed by atoms with van der Waals surface area (Å²) in [4.78, 5) is 10.4. The number of nitrogens with zero attached hydrogens (tertiary/aromatic N) is 1. The van der Waals surface area contributed by atoms with Crippen LogP contribution in [0.15, 0.2) is 11.1 Å². The van der Waals surface area contributed by atoms with Gasteiger partial charge in [-0.05, 0) is 6.92 Å². The lowest BCUT2D eigenvalue weighted by atomic mass is 10.5. The summed E-state index contributed by atoms with van der Waals surface area (Å²) in [5.74, 6) is 0. The Morgan fingerprint density at radius 3 is 2.75 bits per heavy atom. The van der Waals surface area contributed by atoms with Crippen LogP contribution in [0.2, 0.25) is 0 Å². The van der Waals surface area contributed by atoms with E-state index in [0.29, 0.717) is 5.69 Å². The normalized spacial score (nSPS) is 11.3. The second-order valence-electron chi connectivity index (χ2n) is 3.05. The molecule has 0 unspecified atom stereocenters. The molecule has 0 saturated heterocycles. The molecule has 0 radical (unpaired) electrons. The van der Waals surface area contributed by atoms with E-state index in [2.05, 4.69) is 20.2 Å². The molecule has 1 aromatic rings. The van der Waals surface area contributed by atoms with E-state index in [1.807, 2.05) is 0 Å². The van der Waals surface area contributed by atoms with Crippen LogP contribution in [0.5, 0.6) is 0 Å². The van der Waals surface area contributed by atoms with E-state index in [1.54, 1.807) is 6.92 Å². The first-order valence-electron chi connectivity index (χ1n) is 4.46. The third kappa shape index (κ3) is 3.21. The van der Waals surface area contributed by atoms with Gasteiger partial charge in [-0.25, -0.2) is 17.9 Å². The zero-order valence-electron chi connectivity index (χ0n) is 8.65. The maximum Gasteiger partial charge on any atom is 0.312 e. The summed E-state index contributed by atoms with van der Waals surface area (Å²) in [7, 11) is -3.58. The Morgan fingerprint density at radius 2 is 2.25 bits per heavy atom. The van der Waals surface area contributed by atoms with Gasteiger partial charge in [-0.2, -0.15) is 5.10 Å². The largest absolute Gasteiger partial charge is 0.352 e. The second kappa shape index (κ2) is 4.94. The SMILES string of the molecule is Cc1[nH]ncc1S(=O)(=O)NCCNC(N)=O. The molecule has 1 rings (SSSR count). The molecule has 9 heteroatoms. The zero-order chi connectivity index (χ0) is 12.2. The standard InChI is InChI=1S/C7H13N5O3S/c1-5-6(4-10-12-5)16(14,15)11-3-2-9-7(8)13/h4,11H,2-3H2,1H3,(H,10,12)(H3,8,9,13). The highest BCUT2D eigenvalue weighted by atomic mass is 32.2.